The lowest BCUT2D eigenvalue weighted by atomic mass is 9.85. The molecule has 20 heavy (non-hydrogen) atoms. The summed E-state index contributed by atoms with van der Waals surface area (Å²) < 4.78 is 5.92. The number of carbonyl (C=O) groups excluding carboxylic acids is 1. The van der Waals surface area contributed by atoms with Gasteiger partial charge in [0, 0.05) is 7.05 Å². The molecule has 0 aliphatic rings. The van der Waals surface area contributed by atoms with Crippen LogP contribution in [0.15, 0.2) is 18.2 Å². The lowest BCUT2D eigenvalue weighted by Crippen LogP contribution is -2.32. The van der Waals surface area contributed by atoms with Gasteiger partial charge in [0.1, 0.15) is 18.2 Å². The Morgan fingerprint density at radius 2 is 2.00 bits per heavy atom. The van der Waals surface area contributed by atoms with Gasteiger partial charge in [0.2, 0.25) is 5.91 Å². The number of alkyl halides is 1. The average molecular weight is 298 g/mol. The Kier molecular flexibility index (Phi) is 5.88. The highest BCUT2D eigenvalue weighted by Gasteiger charge is 2.20. The summed E-state index contributed by atoms with van der Waals surface area (Å²) in [6.45, 7) is 9.53. The fourth-order valence-electron chi connectivity index (χ4n) is 1.95. The molecule has 1 amide bonds. The van der Waals surface area contributed by atoms with Gasteiger partial charge in [-0.25, -0.2) is 0 Å². The van der Waals surface area contributed by atoms with E-state index in [0.717, 1.165) is 11.3 Å². The van der Waals surface area contributed by atoms with Crippen molar-refractivity contribution in [1.82, 2.24) is 4.90 Å². The van der Waals surface area contributed by atoms with E-state index in [2.05, 4.69) is 26.8 Å². The maximum Gasteiger partial charge on any atom is 0.237 e. The van der Waals surface area contributed by atoms with E-state index in [9.17, 15) is 4.79 Å². The zero-order valence-electron chi connectivity index (χ0n) is 13.0. The van der Waals surface area contributed by atoms with Crippen molar-refractivity contribution in [3.63, 3.8) is 0 Å². The van der Waals surface area contributed by atoms with E-state index in [1.165, 1.54) is 5.56 Å². The molecule has 3 nitrogen and oxygen atoms in total. The monoisotopic (exact) mass is 297 g/mol. The van der Waals surface area contributed by atoms with Gasteiger partial charge in [0.25, 0.3) is 0 Å². The van der Waals surface area contributed by atoms with Crippen molar-refractivity contribution in [1.29, 1.82) is 0 Å². The predicted molar refractivity (Wildman–Crippen MR) is 83.7 cm³/mol. The van der Waals surface area contributed by atoms with Crippen LogP contribution in [0.4, 0.5) is 0 Å². The molecule has 1 aromatic carbocycles. The lowest BCUT2D eigenvalue weighted by Gasteiger charge is -2.25. The summed E-state index contributed by atoms with van der Waals surface area (Å²) in [6, 6.07) is 6.18. The summed E-state index contributed by atoms with van der Waals surface area (Å²) in [6.07, 6.45) is 0. The van der Waals surface area contributed by atoms with Gasteiger partial charge in [-0.05, 0) is 23.5 Å². The molecule has 0 bridgehead atoms. The number of aryl methyl sites for hydroxylation is 1. The van der Waals surface area contributed by atoms with Crippen molar-refractivity contribution in [2.45, 2.75) is 33.1 Å². The minimum atomic E-state index is -0.0869. The second-order valence-corrected chi connectivity index (χ2v) is 6.27. The molecule has 0 saturated heterocycles. The molecule has 0 N–H and O–H groups in total. The zero-order valence-corrected chi connectivity index (χ0v) is 13.8. The summed E-state index contributed by atoms with van der Waals surface area (Å²) in [5, 5.41) is 0. The van der Waals surface area contributed by atoms with Gasteiger partial charge in [-0.2, -0.15) is 0 Å². The van der Waals surface area contributed by atoms with Crippen molar-refractivity contribution >= 4 is 17.5 Å². The van der Waals surface area contributed by atoms with E-state index in [1.54, 1.807) is 11.9 Å². The fraction of sp³-hybridized carbons (Fsp3) is 0.562. The maximum atomic E-state index is 11.4. The van der Waals surface area contributed by atoms with Crippen LogP contribution in [0.2, 0.25) is 0 Å². The Labute approximate surface area is 126 Å². The van der Waals surface area contributed by atoms with E-state index in [4.69, 9.17) is 16.3 Å². The molecule has 0 radical (unpaired) electrons. The molecule has 0 unspecified atom stereocenters. The standard InChI is InChI=1S/C16H24ClNO2/c1-12-7-6-8-13(16(2,3)4)15(12)20-10-9-18(5)14(19)11-17/h6-8H,9-11H2,1-5H3. The summed E-state index contributed by atoms with van der Waals surface area (Å²) in [7, 11) is 1.73. The largest absolute Gasteiger partial charge is 0.491 e. The Morgan fingerprint density at radius 1 is 1.35 bits per heavy atom. The van der Waals surface area contributed by atoms with Crippen LogP contribution in [0, 0.1) is 6.92 Å². The van der Waals surface area contributed by atoms with E-state index < -0.39 is 0 Å². The number of carbonyl (C=O) groups is 1. The molecule has 4 heteroatoms. The molecule has 112 valence electrons. The van der Waals surface area contributed by atoms with E-state index >= 15 is 0 Å². The molecule has 0 aliphatic heterocycles. The first-order chi connectivity index (χ1) is 9.27. The minimum Gasteiger partial charge on any atom is -0.491 e. The van der Waals surface area contributed by atoms with Gasteiger partial charge >= 0.3 is 0 Å². The van der Waals surface area contributed by atoms with Crippen LogP contribution in [0.1, 0.15) is 31.9 Å². The Hall–Kier alpha value is -1.22. The summed E-state index contributed by atoms with van der Waals surface area (Å²) in [5.74, 6) is 0.844. The second kappa shape index (κ2) is 6.98. The Bertz CT molecular complexity index is 466. The van der Waals surface area contributed by atoms with Crippen LogP contribution in [-0.2, 0) is 10.2 Å². The van der Waals surface area contributed by atoms with Gasteiger partial charge < -0.3 is 9.64 Å². The smallest absolute Gasteiger partial charge is 0.237 e. The summed E-state index contributed by atoms with van der Waals surface area (Å²) in [5.41, 5.74) is 2.33. The number of halogens is 1. The maximum absolute atomic E-state index is 11.4. The van der Waals surface area contributed by atoms with Crippen LogP contribution >= 0.6 is 11.6 Å². The Morgan fingerprint density at radius 3 is 2.55 bits per heavy atom. The highest BCUT2D eigenvalue weighted by atomic mass is 35.5. The quantitative estimate of drug-likeness (QED) is 0.780. The zero-order chi connectivity index (χ0) is 15.3. The number of likely N-dealkylation sites (N-methyl/N-ethyl adjacent to an activating group) is 1. The molecule has 1 rings (SSSR count). The van der Waals surface area contributed by atoms with Crippen LogP contribution in [-0.4, -0.2) is 36.9 Å². The highest BCUT2D eigenvalue weighted by molar-refractivity contribution is 6.27. The van der Waals surface area contributed by atoms with Crippen molar-refractivity contribution < 1.29 is 9.53 Å². The van der Waals surface area contributed by atoms with E-state index in [-0.39, 0.29) is 17.2 Å². The van der Waals surface area contributed by atoms with Crippen molar-refractivity contribution in [3.05, 3.63) is 29.3 Å². The molecular formula is C16H24ClNO2. The SMILES string of the molecule is Cc1cccc(C(C)(C)C)c1OCCN(C)C(=O)CCl. The Balaban J connectivity index is 2.76. The second-order valence-electron chi connectivity index (χ2n) is 6.00. The number of amides is 1. The number of hydrogen-bond donors (Lipinski definition) is 0. The van der Waals surface area contributed by atoms with Gasteiger partial charge in [0.05, 0.1) is 6.54 Å². The van der Waals surface area contributed by atoms with Crippen molar-refractivity contribution in [2.75, 3.05) is 26.1 Å². The van der Waals surface area contributed by atoms with Crippen LogP contribution in [0.3, 0.4) is 0 Å². The number of rotatable bonds is 5. The molecule has 0 heterocycles. The lowest BCUT2D eigenvalue weighted by molar-refractivity contribution is -0.127. The highest BCUT2D eigenvalue weighted by Crippen LogP contribution is 2.33. The minimum absolute atomic E-state index is 0.00804. The number of hydrogen-bond acceptors (Lipinski definition) is 2. The normalized spacial score (nSPS) is 11.3. The number of benzene rings is 1. The molecule has 0 aliphatic carbocycles. The predicted octanol–water partition coefficient (Wildman–Crippen LogP) is 3.37. The van der Waals surface area contributed by atoms with Crippen molar-refractivity contribution in [2.24, 2.45) is 0 Å². The molecular weight excluding hydrogens is 274 g/mol. The van der Waals surface area contributed by atoms with Crippen LogP contribution in [0.25, 0.3) is 0 Å². The third-order valence-corrected chi connectivity index (χ3v) is 3.46. The molecule has 1 aromatic rings. The van der Waals surface area contributed by atoms with Gasteiger partial charge in [0.15, 0.2) is 0 Å². The van der Waals surface area contributed by atoms with E-state index in [0.29, 0.717) is 13.2 Å². The molecule has 0 fully saturated rings. The molecule has 0 saturated carbocycles. The topological polar surface area (TPSA) is 29.5 Å². The van der Waals surface area contributed by atoms with Gasteiger partial charge in [-0.1, -0.05) is 39.0 Å². The first kappa shape index (κ1) is 16.8. The third-order valence-electron chi connectivity index (χ3n) is 3.23. The van der Waals surface area contributed by atoms with Gasteiger partial charge in [-0.15, -0.1) is 11.6 Å². The number of nitrogens with zero attached hydrogens (tertiary/aromatic N) is 1. The van der Waals surface area contributed by atoms with Crippen LogP contribution in [0.5, 0.6) is 5.75 Å². The first-order valence-electron chi connectivity index (χ1n) is 6.80. The number of para-hydroxylation sites is 1. The summed E-state index contributed by atoms with van der Waals surface area (Å²) >= 11 is 5.52. The summed E-state index contributed by atoms with van der Waals surface area (Å²) in [4.78, 5) is 13.0. The molecule has 0 atom stereocenters. The molecule has 0 spiro atoms. The number of ether oxygens (including phenoxy) is 1. The van der Waals surface area contributed by atoms with Crippen molar-refractivity contribution in [3.8, 4) is 5.75 Å². The fourth-order valence-corrected chi connectivity index (χ4v) is 2.15. The first-order valence-corrected chi connectivity index (χ1v) is 7.33. The molecule has 0 aromatic heterocycles. The van der Waals surface area contributed by atoms with E-state index in [1.807, 2.05) is 19.1 Å². The third kappa shape index (κ3) is 4.41. The van der Waals surface area contributed by atoms with Gasteiger partial charge in [-0.3, -0.25) is 4.79 Å². The average Bonchev–Trinajstić information content (AvgIpc) is 2.38. The van der Waals surface area contributed by atoms with Crippen LogP contribution < -0.4 is 4.74 Å².